The second-order valence-electron chi connectivity index (χ2n) is 5.41. The fourth-order valence-electron chi connectivity index (χ4n) is 2.29. The molecule has 6 nitrogen and oxygen atoms in total. The van der Waals surface area contributed by atoms with Gasteiger partial charge in [0, 0.05) is 25.5 Å². The minimum atomic E-state index is -3.55. The highest BCUT2D eigenvalue weighted by Gasteiger charge is 2.18. The van der Waals surface area contributed by atoms with Crippen LogP contribution in [0, 0.1) is 6.92 Å². The molecule has 0 bridgehead atoms. The normalized spacial score (nSPS) is 11.6. The van der Waals surface area contributed by atoms with Gasteiger partial charge in [0.2, 0.25) is 10.0 Å². The number of nitrogens with zero attached hydrogens (tertiary/aromatic N) is 2. The van der Waals surface area contributed by atoms with Gasteiger partial charge in [-0.2, -0.15) is 0 Å². The smallest absolute Gasteiger partial charge is 0.244 e. The molecule has 1 N–H and O–H groups in total. The first kappa shape index (κ1) is 17.5. The Kier molecular flexibility index (Phi) is 6.18. The number of unbranched alkanes of at least 4 members (excludes halogenated alkanes) is 2. The van der Waals surface area contributed by atoms with Crippen molar-refractivity contribution >= 4 is 10.0 Å². The summed E-state index contributed by atoms with van der Waals surface area (Å²) in [7, 11) is -2.07. The predicted octanol–water partition coefficient (Wildman–Crippen LogP) is 2.35. The maximum absolute atomic E-state index is 12.4. The Morgan fingerprint density at radius 3 is 2.78 bits per heavy atom. The Morgan fingerprint density at radius 1 is 1.26 bits per heavy atom. The molecule has 1 heterocycles. The largest absolute Gasteiger partial charge is 0.495 e. The van der Waals surface area contributed by atoms with Crippen molar-refractivity contribution in [3.05, 3.63) is 42.5 Å². The molecule has 23 heavy (non-hydrogen) atoms. The number of aryl methyl sites for hydroxylation is 2. The van der Waals surface area contributed by atoms with Crippen LogP contribution >= 0.6 is 0 Å². The van der Waals surface area contributed by atoms with Crippen LogP contribution in [0.4, 0.5) is 0 Å². The molecule has 0 aliphatic rings. The van der Waals surface area contributed by atoms with Crippen molar-refractivity contribution in [1.82, 2.24) is 14.3 Å². The molecule has 0 aliphatic heterocycles. The van der Waals surface area contributed by atoms with Crippen LogP contribution in [-0.4, -0.2) is 31.6 Å². The van der Waals surface area contributed by atoms with Crippen molar-refractivity contribution < 1.29 is 13.2 Å². The fourth-order valence-corrected chi connectivity index (χ4v) is 3.62. The van der Waals surface area contributed by atoms with Crippen molar-refractivity contribution in [1.29, 1.82) is 0 Å². The van der Waals surface area contributed by atoms with Gasteiger partial charge in [0.25, 0.3) is 0 Å². The number of sulfonamides is 1. The van der Waals surface area contributed by atoms with Gasteiger partial charge in [0.15, 0.2) is 0 Å². The van der Waals surface area contributed by atoms with Gasteiger partial charge in [0.1, 0.15) is 10.6 Å². The first-order valence-electron chi connectivity index (χ1n) is 7.63. The number of benzene rings is 1. The van der Waals surface area contributed by atoms with Gasteiger partial charge in [-0.15, -0.1) is 0 Å². The lowest BCUT2D eigenvalue weighted by molar-refractivity contribution is 0.402. The Morgan fingerprint density at radius 2 is 2.09 bits per heavy atom. The summed E-state index contributed by atoms with van der Waals surface area (Å²) >= 11 is 0. The van der Waals surface area contributed by atoms with E-state index >= 15 is 0 Å². The molecule has 0 saturated heterocycles. The zero-order valence-electron chi connectivity index (χ0n) is 13.5. The number of methoxy groups -OCH3 is 1. The van der Waals surface area contributed by atoms with Gasteiger partial charge in [-0.3, -0.25) is 0 Å². The summed E-state index contributed by atoms with van der Waals surface area (Å²) in [6, 6.07) is 5.13. The van der Waals surface area contributed by atoms with Crippen molar-refractivity contribution in [2.45, 2.75) is 37.6 Å². The number of aromatic nitrogens is 2. The third kappa shape index (κ3) is 5.07. The van der Waals surface area contributed by atoms with Crippen LogP contribution in [0.1, 0.15) is 24.8 Å². The second-order valence-corrected chi connectivity index (χ2v) is 7.15. The summed E-state index contributed by atoms with van der Waals surface area (Å²) in [5, 5.41) is 0. The van der Waals surface area contributed by atoms with Crippen LogP contribution in [0.15, 0.2) is 41.8 Å². The summed E-state index contributed by atoms with van der Waals surface area (Å²) in [4.78, 5) is 4.18. The summed E-state index contributed by atoms with van der Waals surface area (Å²) in [5.41, 5.74) is 0.881. The average molecular weight is 337 g/mol. The molecular formula is C16H23N3O3S. The number of nitrogens with one attached hydrogen (secondary N) is 1. The van der Waals surface area contributed by atoms with Crippen LogP contribution in [0.2, 0.25) is 0 Å². The number of ether oxygens (including phenoxy) is 1. The Bertz CT molecular complexity index is 712. The van der Waals surface area contributed by atoms with Gasteiger partial charge in [-0.05, 0) is 37.5 Å². The Labute approximate surface area is 137 Å². The quantitative estimate of drug-likeness (QED) is 0.713. The van der Waals surface area contributed by atoms with Crippen LogP contribution in [0.5, 0.6) is 5.75 Å². The lowest BCUT2D eigenvalue weighted by Crippen LogP contribution is -2.25. The third-order valence-corrected chi connectivity index (χ3v) is 5.04. The lowest BCUT2D eigenvalue weighted by atomic mass is 10.2. The van der Waals surface area contributed by atoms with E-state index in [0.29, 0.717) is 12.3 Å². The van der Waals surface area contributed by atoms with E-state index < -0.39 is 10.0 Å². The highest BCUT2D eigenvalue weighted by atomic mass is 32.2. The zero-order valence-corrected chi connectivity index (χ0v) is 14.3. The number of imidazole rings is 1. The van der Waals surface area contributed by atoms with Crippen LogP contribution < -0.4 is 9.46 Å². The molecule has 0 saturated carbocycles. The Balaban J connectivity index is 1.81. The fraction of sp³-hybridized carbons (Fsp3) is 0.438. The standard InChI is InChI=1S/C16H23N3O3S/c1-14-6-7-15(22-2)16(12-14)23(20,21)18-8-4-3-5-10-19-11-9-17-13-19/h6-7,9,11-13,18H,3-5,8,10H2,1-2H3. The van der Waals surface area contributed by atoms with E-state index in [2.05, 4.69) is 9.71 Å². The Hall–Kier alpha value is -1.86. The van der Waals surface area contributed by atoms with E-state index in [4.69, 9.17) is 4.74 Å². The third-order valence-electron chi connectivity index (χ3n) is 3.55. The van der Waals surface area contributed by atoms with E-state index in [0.717, 1.165) is 31.4 Å². The summed E-state index contributed by atoms with van der Waals surface area (Å²) in [6.45, 7) is 3.18. The molecule has 1 aromatic heterocycles. The van der Waals surface area contributed by atoms with Crippen LogP contribution in [0.25, 0.3) is 0 Å². The number of rotatable bonds is 9. The topological polar surface area (TPSA) is 73.2 Å². The predicted molar refractivity (Wildman–Crippen MR) is 89.0 cm³/mol. The van der Waals surface area contributed by atoms with Crippen molar-refractivity contribution in [3.63, 3.8) is 0 Å². The molecular weight excluding hydrogens is 314 g/mol. The zero-order chi connectivity index (χ0) is 16.7. The molecule has 126 valence electrons. The molecule has 1 aromatic carbocycles. The average Bonchev–Trinajstić information content (AvgIpc) is 3.04. The minimum absolute atomic E-state index is 0.193. The van der Waals surface area contributed by atoms with Crippen molar-refractivity contribution in [2.75, 3.05) is 13.7 Å². The monoisotopic (exact) mass is 337 g/mol. The lowest BCUT2D eigenvalue weighted by Gasteiger charge is -2.11. The van der Waals surface area contributed by atoms with E-state index in [1.54, 1.807) is 24.7 Å². The maximum atomic E-state index is 12.4. The van der Waals surface area contributed by atoms with Crippen molar-refractivity contribution in [2.24, 2.45) is 0 Å². The van der Waals surface area contributed by atoms with E-state index in [1.807, 2.05) is 23.8 Å². The summed E-state index contributed by atoms with van der Waals surface area (Å²) < 4.78 is 34.6. The molecule has 0 amide bonds. The highest BCUT2D eigenvalue weighted by Crippen LogP contribution is 2.24. The molecule has 2 aromatic rings. The van der Waals surface area contributed by atoms with Crippen LogP contribution in [-0.2, 0) is 16.6 Å². The van der Waals surface area contributed by atoms with E-state index in [9.17, 15) is 8.42 Å². The van der Waals surface area contributed by atoms with Crippen molar-refractivity contribution in [3.8, 4) is 5.75 Å². The van der Waals surface area contributed by atoms with Gasteiger partial charge in [0.05, 0.1) is 13.4 Å². The molecule has 0 atom stereocenters. The first-order chi connectivity index (χ1) is 11.0. The van der Waals surface area contributed by atoms with Gasteiger partial charge >= 0.3 is 0 Å². The number of hydrogen-bond acceptors (Lipinski definition) is 4. The summed E-state index contributed by atoms with van der Waals surface area (Å²) in [5.74, 6) is 0.364. The molecule has 0 fully saturated rings. The van der Waals surface area contributed by atoms with Gasteiger partial charge in [-0.1, -0.05) is 12.5 Å². The SMILES string of the molecule is COc1ccc(C)cc1S(=O)(=O)NCCCCCn1ccnc1. The number of hydrogen-bond donors (Lipinski definition) is 1. The van der Waals surface area contributed by atoms with Gasteiger partial charge in [-0.25, -0.2) is 18.1 Å². The van der Waals surface area contributed by atoms with E-state index in [1.165, 1.54) is 7.11 Å². The van der Waals surface area contributed by atoms with E-state index in [-0.39, 0.29) is 4.90 Å². The van der Waals surface area contributed by atoms with Crippen LogP contribution in [0.3, 0.4) is 0 Å². The van der Waals surface area contributed by atoms with Gasteiger partial charge < -0.3 is 9.30 Å². The molecule has 0 radical (unpaired) electrons. The first-order valence-corrected chi connectivity index (χ1v) is 9.11. The summed E-state index contributed by atoms with van der Waals surface area (Å²) in [6.07, 6.45) is 8.20. The molecule has 0 aliphatic carbocycles. The molecule has 0 unspecified atom stereocenters. The minimum Gasteiger partial charge on any atom is -0.495 e. The highest BCUT2D eigenvalue weighted by molar-refractivity contribution is 7.89. The maximum Gasteiger partial charge on any atom is 0.244 e. The second kappa shape index (κ2) is 8.12. The molecule has 7 heteroatoms. The molecule has 0 spiro atoms. The molecule has 2 rings (SSSR count).